The molecule has 1 unspecified atom stereocenters. The van der Waals surface area contributed by atoms with Gasteiger partial charge >= 0.3 is 5.97 Å². The minimum atomic E-state index is -1.02. The van der Waals surface area contributed by atoms with Crippen molar-refractivity contribution in [3.8, 4) is 11.5 Å². The summed E-state index contributed by atoms with van der Waals surface area (Å²) < 4.78 is 11.9. The van der Waals surface area contributed by atoms with Crippen LogP contribution in [0.25, 0.3) is 0 Å². The first-order valence-electron chi connectivity index (χ1n) is 9.02. The molecule has 152 valence electrons. The molecule has 1 aliphatic rings. The molecule has 0 saturated heterocycles. The van der Waals surface area contributed by atoms with Crippen LogP contribution in [0.15, 0.2) is 52.0 Å². The van der Waals surface area contributed by atoms with Gasteiger partial charge in [0.15, 0.2) is 11.5 Å². The van der Waals surface area contributed by atoms with Gasteiger partial charge in [-0.2, -0.15) is 5.10 Å². The fraction of sp³-hybridized carbons (Fsp3) is 0.286. The highest BCUT2D eigenvalue weighted by atomic mass is 79.9. The van der Waals surface area contributed by atoms with Gasteiger partial charge in [-0.25, -0.2) is 5.01 Å². The van der Waals surface area contributed by atoms with Crippen LogP contribution in [0, 0.1) is 0 Å². The first-order chi connectivity index (χ1) is 13.9. The van der Waals surface area contributed by atoms with E-state index >= 15 is 0 Å². The molecule has 0 bridgehead atoms. The SMILES string of the molecule is COc1cccc(C2CC(c3ccc(Br)cc3)=NN2C(=O)CCC(=O)O)c1OC. The number of benzene rings is 2. The predicted molar refractivity (Wildman–Crippen MR) is 111 cm³/mol. The summed E-state index contributed by atoms with van der Waals surface area (Å²) in [7, 11) is 3.10. The highest BCUT2D eigenvalue weighted by molar-refractivity contribution is 9.10. The molecule has 1 atom stereocenters. The number of nitrogens with zero attached hydrogens (tertiary/aromatic N) is 2. The van der Waals surface area contributed by atoms with E-state index in [4.69, 9.17) is 14.6 Å². The Hall–Kier alpha value is -2.87. The standard InChI is InChI=1S/C21H21BrN2O5/c1-28-18-5-3-4-15(21(18)29-2)17-12-16(13-6-8-14(22)9-7-13)23-24(17)19(25)10-11-20(26)27/h3-9,17H,10-12H2,1-2H3,(H,26,27). The van der Waals surface area contributed by atoms with Crippen molar-refractivity contribution in [3.63, 3.8) is 0 Å². The summed E-state index contributed by atoms with van der Waals surface area (Å²) in [6.45, 7) is 0. The van der Waals surface area contributed by atoms with Crippen LogP contribution in [0.5, 0.6) is 11.5 Å². The average molecular weight is 461 g/mol. The number of carbonyl (C=O) groups excluding carboxylic acids is 1. The van der Waals surface area contributed by atoms with Crippen LogP contribution in [0.4, 0.5) is 0 Å². The number of methoxy groups -OCH3 is 2. The number of para-hydroxylation sites is 1. The maximum atomic E-state index is 12.8. The maximum Gasteiger partial charge on any atom is 0.303 e. The fourth-order valence-corrected chi connectivity index (χ4v) is 3.57. The maximum absolute atomic E-state index is 12.8. The second-order valence-corrected chi connectivity index (χ2v) is 7.40. The van der Waals surface area contributed by atoms with Crippen molar-refractivity contribution in [2.24, 2.45) is 5.10 Å². The Labute approximate surface area is 177 Å². The van der Waals surface area contributed by atoms with Gasteiger partial charge in [0.05, 0.1) is 32.4 Å². The van der Waals surface area contributed by atoms with Gasteiger partial charge in [-0.15, -0.1) is 0 Å². The largest absolute Gasteiger partial charge is 0.493 e. The summed E-state index contributed by atoms with van der Waals surface area (Å²) in [5.41, 5.74) is 2.40. The second-order valence-electron chi connectivity index (χ2n) is 6.49. The Morgan fingerprint density at radius 1 is 1.14 bits per heavy atom. The molecule has 1 amide bonds. The number of aliphatic carboxylic acids is 1. The minimum absolute atomic E-state index is 0.130. The van der Waals surface area contributed by atoms with Gasteiger partial charge in [-0.05, 0) is 23.8 Å². The first-order valence-corrected chi connectivity index (χ1v) is 9.82. The number of amides is 1. The van der Waals surface area contributed by atoms with Crippen LogP contribution in [-0.2, 0) is 9.59 Å². The van der Waals surface area contributed by atoms with Gasteiger partial charge in [-0.1, -0.05) is 40.2 Å². The molecule has 1 N–H and O–H groups in total. The van der Waals surface area contributed by atoms with Crippen molar-refractivity contribution < 1.29 is 24.2 Å². The van der Waals surface area contributed by atoms with Crippen molar-refractivity contribution in [3.05, 3.63) is 58.1 Å². The summed E-state index contributed by atoms with van der Waals surface area (Å²) in [5, 5.41) is 14.9. The third-order valence-electron chi connectivity index (χ3n) is 4.69. The fourth-order valence-electron chi connectivity index (χ4n) is 3.30. The van der Waals surface area contributed by atoms with Gasteiger partial charge in [0.1, 0.15) is 0 Å². The number of rotatable bonds is 7. The summed E-state index contributed by atoms with van der Waals surface area (Å²) in [6.07, 6.45) is 0.0969. The lowest BCUT2D eigenvalue weighted by molar-refractivity contribution is -0.141. The number of carboxylic acid groups (broad SMARTS) is 1. The van der Waals surface area contributed by atoms with Gasteiger partial charge in [0.2, 0.25) is 5.91 Å². The smallest absolute Gasteiger partial charge is 0.303 e. The van der Waals surface area contributed by atoms with Crippen LogP contribution in [0.1, 0.15) is 36.4 Å². The molecule has 0 radical (unpaired) electrons. The number of carboxylic acids is 1. The summed E-state index contributed by atoms with van der Waals surface area (Å²) >= 11 is 3.42. The highest BCUT2D eigenvalue weighted by Gasteiger charge is 2.35. The first kappa shape index (κ1) is 20.9. The quantitative estimate of drug-likeness (QED) is 0.673. The molecule has 7 nitrogen and oxygen atoms in total. The Morgan fingerprint density at radius 2 is 1.86 bits per heavy atom. The van der Waals surface area contributed by atoms with Crippen LogP contribution in [0.2, 0.25) is 0 Å². The lowest BCUT2D eigenvalue weighted by Gasteiger charge is -2.24. The van der Waals surface area contributed by atoms with Crippen molar-refractivity contribution >= 4 is 33.5 Å². The minimum Gasteiger partial charge on any atom is -0.493 e. The van der Waals surface area contributed by atoms with Gasteiger partial charge in [0, 0.05) is 22.9 Å². The van der Waals surface area contributed by atoms with Crippen molar-refractivity contribution in [1.29, 1.82) is 0 Å². The van der Waals surface area contributed by atoms with E-state index < -0.39 is 12.0 Å². The van der Waals surface area contributed by atoms with Gasteiger partial charge in [0.25, 0.3) is 0 Å². The van der Waals surface area contributed by atoms with E-state index in [0.717, 1.165) is 21.3 Å². The van der Waals surface area contributed by atoms with Crippen molar-refractivity contribution in [2.75, 3.05) is 14.2 Å². The van der Waals surface area contributed by atoms with Crippen LogP contribution in [-0.4, -0.2) is 41.9 Å². The van der Waals surface area contributed by atoms with E-state index in [-0.39, 0.29) is 18.7 Å². The van der Waals surface area contributed by atoms with Gasteiger partial charge in [-0.3, -0.25) is 9.59 Å². The lowest BCUT2D eigenvalue weighted by Crippen LogP contribution is -2.27. The number of hydrazone groups is 1. The third kappa shape index (κ3) is 4.59. The molecule has 0 aromatic heterocycles. The number of ether oxygens (including phenoxy) is 2. The Kier molecular flexibility index (Phi) is 6.53. The summed E-state index contributed by atoms with van der Waals surface area (Å²) in [6, 6.07) is 12.7. The van der Waals surface area contributed by atoms with Crippen molar-refractivity contribution in [2.45, 2.75) is 25.3 Å². The highest BCUT2D eigenvalue weighted by Crippen LogP contribution is 2.42. The molecule has 3 rings (SSSR count). The molecule has 8 heteroatoms. The van der Waals surface area contributed by atoms with E-state index in [1.54, 1.807) is 20.3 Å². The summed E-state index contributed by atoms with van der Waals surface area (Å²) in [4.78, 5) is 23.7. The molecule has 0 fully saturated rings. The molecule has 2 aromatic carbocycles. The molecular formula is C21H21BrN2O5. The molecule has 0 spiro atoms. The number of hydrogen-bond donors (Lipinski definition) is 1. The summed E-state index contributed by atoms with van der Waals surface area (Å²) in [5.74, 6) is -0.289. The van der Waals surface area contributed by atoms with Crippen LogP contribution in [0.3, 0.4) is 0 Å². The molecular weight excluding hydrogens is 440 g/mol. The van der Waals surface area contributed by atoms with Crippen molar-refractivity contribution in [1.82, 2.24) is 5.01 Å². The molecule has 2 aromatic rings. The zero-order chi connectivity index (χ0) is 21.0. The predicted octanol–water partition coefficient (Wildman–Crippen LogP) is 4.01. The zero-order valence-corrected chi connectivity index (χ0v) is 17.7. The molecule has 1 aliphatic heterocycles. The Bertz CT molecular complexity index is 943. The van der Waals surface area contributed by atoms with E-state index in [1.165, 1.54) is 5.01 Å². The topological polar surface area (TPSA) is 88.4 Å². The number of hydrogen-bond acceptors (Lipinski definition) is 5. The average Bonchev–Trinajstić information content (AvgIpc) is 3.17. The Morgan fingerprint density at radius 3 is 2.48 bits per heavy atom. The normalized spacial score (nSPS) is 15.8. The van der Waals surface area contributed by atoms with E-state index in [9.17, 15) is 9.59 Å². The van der Waals surface area contributed by atoms with E-state index in [0.29, 0.717) is 17.9 Å². The Balaban J connectivity index is 1.99. The van der Waals surface area contributed by atoms with E-state index in [1.807, 2.05) is 36.4 Å². The van der Waals surface area contributed by atoms with Crippen LogP contribution < -0.4 is 9.47 Å². The zero-order valence-electron chi connectivity index (χ0n) is 16.1. The molecule has 29 heavy (non-hydrogen) atoms. The molecule has 1 heterocycles. The molecule has 0 aliphatic carbocycles. The molecule has 0 saturated carbocycles. The van der Waals surface area contributed by atoms with Gasteiger partial charge < -0.3 is 14.6 Å². The third-order valence-corrected chi connectivity index (χ3v) is 5.22. The number of halogens is 1. The monoisotopic (exact) mass is 460 g/mol. The number of carbonyl (C=O) groups is 2. The lowest BCUT2D eigenvalue weighted by atomic mass is 9.97. The van der Waals surface area contributed by atoms with Crippen LogP contribution >= 0.6 is 15.9 Å². The second kappa shape index (κ2) is 9.09. The van der Waals surface area contributed by atoms with E-state index in [2.05, 4.69) is 21.0 Å².